The summed E-state index contributed by atoms with van der Waals surface area (Å²) in [7, 11) is 1.58. The van der Waals surface area contributed by atoms with E-state index in [0.717, 1.165) is 11.1 Å². The zero-order valence-corrected chi connectivity index (χ0v) is 17.0. The second-order valence-corrected chi connectivity index (χ2v) is 7.19. The third kappa shape index (κ3) is 3.59. The minimum absolute atomic E-state index is 0.0631. The van der Waals surface area contributed by atoms with Crippen molar-refractivity contribution in [2.45, 2.75) is 20.3 Å². The average molecular weight is 402 g/mol. The molecule has 0 unspecified atom stereocenters. The number of amides is 1. The number of para-hydroxylation sites is 1. The van der Waals surface area contributed by atoms with E-state index in [-0.39, 0.29) is 17.8 Å². The van der Waals surface area contributed by atoms with Crippen molar-refractivity contribution < 1.29 is 13.9 Å². The third-order valence-electron chi connectivity index (χ3n) is 5.23. The first-order valence-electron chi connectivity index (χ1n) is 9.61. The fraction of sp³-hybridized carbons (Fsp3) is 0.167. The molecular weight excluding hydrogens is 380 g/mol. The van der Waals surface area contributed by atoms with E-state index in [1.54, 1.807) is 37.4 Å². The maximum Gasteiger partial charge on any atom is 0.242 e. The quantitative estimate of drug-likeness (QED) is 0.385. The van der Waals surface area contributed by atoms with E-state index in [1.807, 2.05) is 38.1 Å². The molecule has 1 heterocycles. The number of rotatable bonds is 5. The predicted octanol–water partition coefficient (Wildman–Crippen LogP) is 4.26. The average Bonchev–Trinajstić information content (AvgIpc) is 2.76. The van der Waals surface area contributed by atoms with Gasteiger partial charge in [0.1, 0.15) is 16.9 Å². The summed E-state index contributed by atoms with van der Waals surface area (Å²) in [5.74, 6) is 0.427. The van der Waals surface area contributed by atoms with Crippen molar-refractivity contribution >= 4 is 33.5 Å². The van der Waals surface area contributed by atoms with E-state index in [9.17, 15) is 9.59 Å². The SMILES string of the molecule is COc1cccc(NNC(=O)Cc2cccc3c(=O)c4ccc(C)c(C)c4oc23)c1. The van der Waals surface area contributed by atoms with Crippen LogP contribution in [-0.4, -0.2) is 13.0 Å². The smallest absolute Gasteiger partial charge is 0.242 e. The molecule has 0 aliphatic heterocycles. The molecule has 0 radical (unpaired) electrons. The predicted molar refractivity (Wildman–Crippen MR) is 118 cm³/mol. The van der Waals surface area contributed by atoms with Crippen molar-refractivity contribution in [3.63, 3.8) is 0 Å². The summed E-state index contributed by atoms with van der Waals surface area (Å²) < 4.78 is 11.3. The molecule has 0 saturated carbocycles. The molecule has 1 aromatic heterocycles. The summed E-state index contributed by atoms with van der Waals surface area (Å²) in [5.41, 5.74) is 9.78. The lowest BCUT2D eigenvalue weighted by Gasteiger charge is -2.11. The zero-order valence-electron chi connectivity index (χ0n) is 17.0. The minimum Gasteiger partial charge on any atom is -0.497 e. The lowest BCUT2D eigenvalue weighted by Crippen LogP contribution is -2.30. The van der Waals surface area contributed by atoms with Gasteiger partial charge in [-0.25, -0.2) is 0 Å². The number of fused-ring (bicyclic) bond motifs is 2. The number of anilines is 1. The molecule has 6 heteroatoms. The first-order valence-corrected chi connectivity index (χ1v) is 9.61. The van der Waals surface area contributed by atoms with E-state index in [2.05, 4.69) is 10.9 Å². The van der Waals surface area contributed by atoms with E-state index >= 15 is 0 Å². The summed E-state index contributed by atoms with van der Waals surface area (Å²) in [6.45, 7) is 3.91. The van der Waals surface area contributed by atoms with Gasteiger partial charge in [-0.1, -0.05) is 24.3 Å². The molecule has 4 rings (SSSR count). The monoisotopic (exact) mass is 402 g/mol. The molecule has 0 fully saturated rings. The maximum absolute atomic E-state index is 13.0. The van der Waals surface area contributed by atoms with Crippen LogP contribution in [-0.2, 0) is 11.2 Å². The number of benzene rings is 3. The summed E-state index contributed by atoms with van der Waals surface area (Å²) in [6, 6.07) is 16.2. The Hall–Kier alpha value is -3.80. The van der Waals surface area contributed by atoms with Crippen LogP contribution in [0.15, 0.2) is 63.8 Å². The second kappa shape index (κ2) is 7.91. The van der Waals surface area contributed by atoms with Crippen LogP contribution in [0.2, 0.25) is 0 Å². The number of aryl methyl sites for hydroxylation is 2. The molecule has 1 amide bonds. The fourth-order valence-electron chi connectivity index (χ4n) is 3.43. The first kappa shape index (κ1) is 19.5. The molecule has 152 valence electrons. The van der Waals surface area contributed by atoms with Gasteiger partial charge in [0.15, 0.2) is 0 Å². The van der Waals surface area contributed by atoms with Gasteiger partial charge in [0.25, 0.3) is 0 Å². The summed E-state index contributed by atoms with van der Waals surface area (Å²) in [4.78, 5) is 25.5. The molecule has 0 aliphatic rings. The molecule has 0 saturated heterocycles. The molecule has 0 spiro atoms. The van der Waals surface area contributed by atoms with Gasteiger partial charge >= 0.3 is 0 Å². The first-order chi connectivity index (χ1) is 14.5. The molecule has 30 heavy (non-hydrogen) atoms. The van der Waals surface area contributed by atoms with Crippen molar-refractivity contribution in [1.29, 1.82) is 0 Å². The number of carbonyl (C=O) groups excluding carboxylic acids is 1. The molecule has 0 bridgehead atoms. The van der Waals surface area contributed by atoms with E-state index in [4.69, 9.17) is 9.15 Å². The van der Waals surface area contributed by atoms with Gasteiger partial charge < -0.3 is 9.15 Å². The van der Waals surface area contributed by atoms with Gasteiger partial charge in [-0.3, -0.25) is 20.4 Å². The number of carbonyl (C=O) groups is 1. The van der Waals surface area contributed by atoms with Crippen LogP contribution in [0.4, 0.5) is 5.69 Å². The van der Waals surface area contributed by atoms with E-state index in [0.29, 0.717) is 38.9 Å². The van der Waals surface area contributed by atoms with Crippen LogP contribution in [0.5, 0.6) is 5.75 Å². The van der Waals surface area contributed by atoms with Crippen LogP contribution in [0.25, 0.3) is 21.9 Å². The number of hydrogen-bond acceptors (Lipinski definition) is 5. The number of hydrogen-bond donors (Lipinski definition) is 2. The highest BCUT2D eigenvalue weighted by molar-refractivity contribution is 5.94. The Morgan fingerprint density at radius 2 is 1.77 bits per heavy atom. The van der Waals surface area contributed by atoms with Gasteiger partial charge in [0, 0.05) is 11.6 Å². The van der Waals surface area contributed by atoms with Crippen molar-refractivity contribution in [2.24, 2.45) is 0 Å². The normalized spacial score (nSPS) is 10.9. The number of nitrogens with one attached hydrogen (secondary N) is 2. The summed E-state index contributed by atoms with van der Waals surface area (Å²) in [5, 5.41) is 1.02. The van der Waals surface area contributed by atoms with Crippen molar-refractivity contribution in [1.82, 2.24) is 5.43 Å². The summed E-state index contributed by atoms with van der Waals surface area (Å²) >= 11 is 0. The van der Waals surface area contributed by atoms with Gasteiger partial charge in [-0.05, 0) is 49.2 Å². The van der Waals surface area contributed by atoms with E-state index in [1.165, 1.54) is 0 Å². The van der Waals surface area contributed by atoms with Crippen LogP contribution in [0, 0.1) is 13.8 Å². The Balaban J connectivity index is 1.64. The second-order valence-electron chi connectivity index (χ2n) is 7.19. The van der Waals surface area contributed by atoms with Gasteiger partial charge in [0.05, 0.1) is 30.0 Å². The standard InChI is InChI=1S/C24H22N2O4/c1-14-10-11-20-22(28)19-9-4-6-16(24(19)30-23(20)15(14)2)12-21(27)26-25-17-7-5-8-18(13-17)29-3/h4-11,13,25H,12H2,1-3H3,(H,26,27). The molecule has 0 atom stereocenters. The topological polar surface area (TPSA) is 80.6 Å². The lowest BCUT2D eigenvalue weighted by molar-refractivity contribution is -0.119. The summed E-state index contributed by atoms with van der Waals surface area (Å²) in [6.07, 6.45) is 0.0631. The highest BCUT2D eigenvalue weighted by atomic mass is 16.5. The largest absolute Gasteiger partial charge is 0.497 e. The highest BCUT2D eigenvalue weighted by Crippen LogP contribution is 2.26. The van der Waals surface area contributed by atoms with Gasteiger partial charge in [-0.2, -0.15) is 0 Å². The van der Waals surface area contributed by atoms with Crippen LogP contribution < -0.4 is 21.0 Å². The molecular formula is C24H22N2O4. The fourth-order valence-corrected chi connectivity index (χ4v) is 3.43. The molecule has 0 aliphatic carbocycles. The molecule has 4 aromatic rings. The van der Waals surface area contributed by atoms with Gasteiger partial charge in [0.2, 0.25) is 11.3 Å². The molecule has 2 N–H and O–H groups in total. The molecule has 3 aromatic carbocycles. The Bertz CT molecular complexity index is 1320. The Labute approximate surface area is 173 Å². The van der Waals surface area contributed by atoms with Crippen LogP contribution in [0.3, 0.4) is 0 Å². The van der Waals surface area contributed by atoms with Crippen molar-refractivity contribution in [2.75, 3.05) is 12.5 Å². The lowest BCUT2D eigenvalue weighted by atomic mass is 10.0. The van der Waals surface area contributed by atoms with Gasteiger partial charge in [-0.15, -0.1) is 0 Å². The molecule has 6 nitrogen and oxygen atoms in total. The van der Waals surface area contributed by atoms with Crippen LogP contribution >= 0.6 is 0 Å². The van der Waals surface area contributed by atoms with Crippen molar-refractivity contribution in [3.05, 3.63) is 81.5 Å². The minimum atomic E-state index is -0.256. The third-order valence-corrected chi connectivity index (χ3v) is 5.23. The number of hydrazine groups is 1. The highest BCUT2D eigenvalue weighted by Gasteiger charge is 2.15. The van der Waals surface area contributed by atoms with Crippen molar-refractivity contribution in [3.8, 4) is 5.75 Å². The number of ether oxygens (including phenoxy) is 1. The van der Waals surface area contributed by atoms with E-state index < -0.39 is 0 Å². The zero-order chi connectivity index (χ0) is 21.3. The Morgan fingerprint density at radius 1 is 1.00 bits per heavy atom. The number of methoxy groups -OCH3 is 1. The Kier molecular flexibility index (Phi) is 5.14. The van der Waals surface area contributed by atoms with Crippen LogP contribution in [0.1, 0.15) is 16.7 Å². The maximum atomic E-state index is 13.0. The Morgan fingerprint density at radius 3 is 2.57 bits per heavy atom.